The first-order chi connectivity index (χ1) is 5.43. The average molecular weight is 181 g/mol. The number of rotatable bonds is 5. The Kier molecular flexibility index (Phi) is 4.73. The van der Waals surface area contributed by atoms with E-state index in [9.17, 15) is 13.6 Å². The Labute approximate surface area is 69.6 Å². The first-order valence-corrected chi connectivity index (χ1v) is 3.70. The molecule has 2 atom stereocenters. The maximum Gasteiger partial charge on any atom is 0.320 e. The molecule has 0 aromatic heterocycles. The van der Waals surface area contributed by atoms with Crippen LogP contribution in [0.15, 0.2) is 0 Å². The van der Waals surface area contributed by atoms with E-state index in [-0.39, 0.29) is 18.8 Å². The standard InChI is InChI=1S/C7H13F2NO2/c1-4(3-6(8)9)2-5(10)7(11)12/h4-6H,2-3,10H2,1H3,(H,11,12). The highest BCUT2D eigenvalue weighted by Crippen LogP contribution is 2.14. The Balaban J connectivity index is 3.68. The third-order valence-electron chi connectivity index (χ3n) is 1.55. The summed E-state index contributed by atoms with van der Waals surface area (Å²) in [6.07, 6.45) is -2.58. The largest absolute Gasteiger partial charge is 0.480 e. The molecule has 0 aliphatic carbocycles. The van der Waals surface area contributed by atoms with Gasteiger partial charge < -0.3 is 10.8 Å². The van der Waals surface area contributed by atoms with Crippen molar-refractivity contribution in [1.29, 1.82) is 0 Å². The molecular formula is C7H13F2NO2. The lowest BCUT2D eigenvalue weighted by Crippen LogP contribution is -2.32. The number of carboxylic acid groups (broad SMARTS) is 1. The van der Waals surface area contributed by atoms with Gasteiger partial charge in [0, 0.05) is 6.42 Å². The number of carbonyl (C=O) groups is 1. The molecule has 0 heterocycles. The second kappa shape index (κ2) is 5.03. The first-order valence-electron chi connectivity index (χ1n) is 3.70. The lowest BCUT2D eigenvalue weighted by atomic mass is 9.99. The molecular weight excluding hydrogens is 168 g/mol. The molecule has 0 aliphatic heterocycles. The van der Waals surface area contributed by atoms with Gasteiger partial charge in [-0.15, -0.1) is 0 Å². The molecule has 0 rings (SSSR count). The van der Waals surface area contributed by atoms with Gasteiger partial charge in [0.25, 0.3) is 0 Å². The summed E-state index contributed by atoms with van der Waals surface area (Å²) in [4.78, 5) is 10.2. The van der Waals surface area contributed by atoms with Crippen molar-refractivity contribution < 1.29 is 18.7 Å². The number of nitrogens with two attached hydrogens (primary N) is 1. The van der Waals surface area contributed by atoms with Gasteiger partial charge in [-0.3, -0.25) is 4.79 Å². The monoisotopic (exact) mass is 181 g/mol. The van der Waals surface area contributed by atoms with Gasteiger partial charge >= 0.3 is 5.97 Å². The molecule has 0 radical (unpaired) electrons. The molecule has 0 saturated carbocycles. The van der Waals surface area contributed by atoms with Gasteiger partial charge in [-0.2, -0.15) is 0 Å². The van der Waals surface area contributed by atoms with E-state index in [0.717, 1.165) is 0 Å². The van der Waals surface area contributed by atoms with Gasteiger partial charge in [-0.05, 0) is 12.3 Å². The van der Waals surface area contributed by atoms with Crippen molar-refractivity contribution in [3.8, 4) is 0 Å². The second-order valence-corrected chi connectivity index (χ2v) is 2.91. The zero-order valence-electron chi connectivity index (χ0n) is 6.84. The molecule has 0 aromatic rings. The van der Waals surface area contributed by atoms with Crippen LogP contribution in [0.1, 0.15) is 19.8 Å². The van der Waals surface area contributed by atoms with Crippen LogP contribution in [0.3, 0.4) is 0 Å². The van der Waals surface area contributed by atoms with Gasteiger partial charge in [0.05, 0.1) is 0 Å². The predicted molar refractivity (Wildman–Crippen MR) is 40.0 cm³/mol. The fourth-order valence-corrected chi connectivity index (χ4v) is 0.935. The number of hydrogen-bond acceptors (Lipinski definition) is 2. The van der Waals surface area contributed by atoms with Crippen LogP contribution in [-0.2, 0) is 4.79 Å². The van der Waals surface area contributed by atoms with Crippen molar-refractivity contribution in [1.82, 2.24) is 0 Å². The van der Waals surface area contributed by atoms with Gasteiger partial charge in [0.2, 0.25) is 6.43 Å². The van der Waals surface area contributed by atoms with Crippen molar-refractivity contribution in [2.24, 2.45) is 11.7 Å². The van der Waals surface area contributed by atoms with E-state index in [4.69, 9.17) is 10.8 Å². The van der Waals surface area contributed by atoms with Crippen LogP contribution in [0.2, 0.25) is 0 Å². The quantitative estimate of drug-likeness (QED) is 0.667. The summed E-state index contributed by atoms with van der Waals surface area (Å²) >= 11 is 0. The van der Waals surface area contributed by atoms with Gasteiger partial charge in [-0.1, -0.05) is 6.92 Å². The Hall–Kier alpha value is -0.710. The molecule has 72 valence electrons. The van der Waals surface area contributed by atoms with Crippen molar-refractivity contribution in [3.63, 3.8) is 0 Å². The van der Waals surface area contributed by atoms with E-state index in [0.29, 0.717) is 0 Å². The van der Waals surface area contributed by atoms with Crippen LogP contribution in [0.4, 0.5) is 8.78 Å². The van der Waals surface area contributed by atoms with E-state index in [1.54, 1.807) is 6.92 Å². The Bertz CT molecular complexity index is 152. The number of carboxylic acids is 1. The maximum absolute atomic E-state index is 11.7. The maximum atomic E-state index is 11.7. The van der Waals surface area contributed by atoms with Crippen molar-refractivity contribution in [3.05, 3.63) is 0 Å². The summed E-state index contributed by atoms with van der Waals surface area (Å²) in [6.45, 7) is 1.56. The molecule has 0 aromatic carbocycles. The minimum absolute atomic E-state index is 0.0969. The number of aliphatic carboxylic acids is 1. The van der Waals surface area contributed by atoms with Crippen molar-refractivity contribution >= 4 is 5.97 Å². The Morgan fingerprint density at radius 3 is 2.33 bits per heavy atom. The van der Waals surface area contributed by atoms with Crippen LogP contribution in [0.25, 0.3) is 0 Å². The molecule has 0 aliphatic rings. The molecule has 0 fully saturated rings. The summed E-state index contributed by atoms with van der Waals surface area (Å²) in [5.74, 6) is -1.49. The van der Waals surface area contributed by atoms with Gasteiger partial charge in [0.1, 0.15) is 6.04 Å². The Morgan fingerprint density at radius 2 is 2.00 bits per heavy atom. The lowest BCUT2D eigenvalue weighted by Gasteiger charge is -2.12. The topological polar surface area (TPSA) is 63.3 Å². The van der Waals surface area contributed by atoms with E-state index < -0.39 is 18.4 Å². The minimum atomic E-state index is -2.39. The second-order valence-electron chi connectivity index (χ2n) is 2.91. The fraction of sp³-hybridized carbons (Fsp3) is 0.857. The van der Waals surface area contributed by atoms with E-state index in [1.807, 2.05) is 0 Å². The number of halogens is 2. The highest BCUT2D eigenvalue weighted by atomic mass is 19.3. The predicted octanol–water partition coefficient (Wildman–Crippen LogP) is 1.08. The molecule has 3 nitrogen and oxygen atoms in total. The van der Waals surface area contributed by atoms with Crippen LogP contribution in [0, 0.1) is 5.92 Å². The number of alkyl halides is 2. The van der Waals surface area contributed by atoms with E-state index in [1.165, 1.54) is 0 Å². The van der Waals surface area contributed by atoms with Gasteiger partial charge in [0.15, 0.2) is 0 Å². The summed E-state index contributed by atoms with van der Waals surface area (Å²) < 4.78 is 23.5. The fourth-order valence-electron chi connectivity index (χ4n) is 0.935. The van der Waals surface area contributed by atoms with Gasteiger partial charge in [-0.25, -0.2) is 8.78 Å². The normalized spacial score (nSPS) is 16.1. The molecule has 0 amide bonds. The third kappa shape index (κ3) is 5.01. The zero-order valence-corrected chi connectivity index (χ0v) is 6.84. The highest BCUT2D eigenvalue weighted by molar-refractivity contribution is 5.72. The molecule has 0 saturated heterocycles. The SMILES string of the molecule is CC(CC(F)F)CC(N)C(=O)O. The summed E-state index contributed by atoms with van der Waals surface area (Å²) in [6, 6.07) is -1.03. The average Bonchev–Trinajstić information content (AvgIpc) is 1.84. The molecule has 0 bridgehead atoms. The van der Waals surface area contributed by atoms with Crippen LogP contribution < -0.4 is 5.73 Å². The van der Waals surface area contributed by atoms with Crippen molar-refractivity contribution in [2.75, 3.05) is 0 Å². The highest BCUT2D eigenvalue weighted by Gasteiger charge is 2.18. The molecule has 3 N–H and O–H groups in total. The third-order valence-corrected chi connectivity index (χ3v) is 1.55. The summed E-state index contributed by atoms with van der Waals surface area (Å²) in [5, 5.41) is 8.35. The summed E-state index contributed by atoms with van der Waals surface area (Å²) in [7, 11) is 0. The van der Waals surface area contributed by atoms with Crippen molar-refractivity contribution in [2.45, 2.75) is 32.2 Å². The number of hydrogen-bond donors (Lipinski definition) is 2. The molecule has 2 unspecified atom stereocenters. The zero-order chi connectivity index (χ0) is 9.72. The van der Waals surface area contributed by atoms with E-state index in [2.05, 4.69) is 0 Å². The van der Waals surface area contributed by atoms with Crippen LogP contribution in [0.5, 0.6) is 0 Å². The van der Waals surface area contributed by atoms with E-state index >= 15 is 0 Å². The lowest BCUT2D eigenvalue weighted by molar-refractivity contribution is -0.139. The first kappa shape index (κ1) is 11.3. The smallest absolute Gasteiger partial charge is 0.320 e. The molecule has 0 spiro atoms. The minimum Gasteiger partial charge on any atom is -0.480 e. The molecule has 5 heteroatoms. The summed E-state index contributed by atoms with van der Waals surface area (Å²) in [5.41, 5.74) is 5.15. The Morgan fingerprint density at radius 1 is 1.50 bits per heavy atom. The van der Waals surface area contributed by atoms with Crippen LogP contribution in [-0.4, -0.2) is 23.5 Å². The van der Waals surface area contributed by atoms with Crippen LogP contribution >= 0.6 is 0 Å². The molecule has 12 heavy (non-hydrogen) atoms.